The van der Waals surface area contributed by atoms with E-state index < -0.39 is 22.0 Å². The fourth-order valence-corrected chi connectivity index (χ4v) is 8.08. The molecule has 3 atom stereocenters. The van der Waals surface area contributed by atoms with Gasteiger partial charge in [-0.05, 0) is 67.9 Å². The largest absolute Gasteiger partial charge is 0.493 e. The van der Waals surface area contributed by atoms with Gasteiger partial charge in [-0.25, -0.2) is 17.2 Å². The van der Waals surface area contributed by atoms with Crippen molar-refractivity contribution in [3.63, 3.8) is 0 Å². The molecule has 0 N–H and O–H groups in total. The van der Waals surface area contributed by atoms with Gasteiger partial charge in [-0.1, -0.05) is 29.8 Å². The van der Waals surface area contributed by atoms with Crippen molar-refractivity contribution >= 4 is 15.9 Å². The Morgan fingerprint density at radius 1 is 1.11 bits per heavy atom. The number of aryl methyl sites for hydroxylation is 1. The van der Waals surface area contributed by atoms with E-state index in [9.17, 15) is 22.0 Å². The van der Waals surface area contributed by atoms with Gasteiger partial charge in [-0.3, -0.25) is 4.79 Å². The van der Waals surface area contributed by atoms with Crippen molar-refractivity contribution in [3.8, 4) is 5.75 Å². The van der Waals surface area contributed by atoms with E-state index in [0.29, 0.717) is 13.0 Å². The normalized spacial score (nSPS) is 26.8. The Hall–Kier alpha value is -2.52. The molecule has 6 rings (SSSR count). The van der Waals surface area contributed by atoms with Crippen LogP contribution in [0.15, 0.2) is 47.4 Å². The summed E-state index contributed by atoms with van der Waals surface area (Å²) >= 11 is 0. The molecule has 9 heteroatoms. The molecule has 2 aromatic rings. The molecule has 2 aliphatic heterocycles. The lowest BCUT2D eigenvalue weighted by atomic mass is 9.90. The number of benzene rings is 2. The standard InChI is InChI=1S/C28H32F2N2O4S/c1-18-2-6-23(7-3-18)37(34,35)32-24-15-21(24)16-25(32)27(33)31(22-8-11-28(29,30)12-9-22)17-19-4-5-20-10-13-36-26(20)14-19/h2-7,14,21-22,24-25H,8-13,15-17H2,1H3/t21-,24-,25+/m1/s1. The van der Waals surface area contributed by atoms with Gasteiger partial charge in [0.1, 0.15) is 11.8 Å². The summed E-state index contributed by atoms with van der Waals surface area (Å²) < 4.78 is 62.5. The number of fused-ring (bicyclic) bond motifs is 2. The van der Waals surface area contributed by atoms with Gasteiger partial charge in [0, 0.05) is 37.9 Å². The molecule has 0 unspecified atom stereocenters. The second-order valence-corrected chi connectivity index (χ2v) is 12.9. The van der Waals surface area contributed by atoms with Crippen LogP contribution in [0.1, 0.15) is 55.2 Å². The predicted molar refractivity (Wildman–Crippen MR) is 134 cm³/mol. The molecule has 2 heterocycles. The average Bonchev–Trinajstić information content (AvgIpc) is 3.28. The van der Waals surface area contributed by atoms with Crippen LogP contribution in [-0.4, -0.2) is 54.2 Å². The van der Waals surface area contributed by atoms with Gasteiger partial charge in [0.2, 0.25) is 21.9 Å². The van der Waals surface area contributed by atoms with Gasteiger partial charge in [0.15, 0.2) is 0 Å². The highest BCUT2D eigenvalue weighted by atomic mass is 32.2. The number of hydrogen-bond donors (Lipinski definition) is 0. The van der Waals surface area contributed by atoms with Crippen molar-refractivity contribution < 1.29 is 26.7 Å². The number of ether oxygens (including phenoxy) is 1. The predicted octanol–water partition coefficient (Wildman–Crippen LogP) is 4.69. The van der Waals surface area contributed by atoms with Gasteiger partial charge in [-0.2, -0.15) is 4.31 Å². The molecule has 6 nitrogen and oxygen atoms in total. The van der Waals surface area contributed by atoms with Crippen LogP contribution in [0, 0.1) is 12.8 Å². The van der Waals surface area contributed by atoms with Crippen molar-refractivity contribution in [1.29, 1.82) is 0 Å². The number of hydrogen-bond acceptors (Lipinski definition) is 4. The molecular weight excluding hydrogens is 498 g/mol. The molecular formula is C28H32F2N2O4S. The Morgan fingerprint density at radius 3 is 2.57 bits per heavy atom. The number of alkyl halides is 2. The molecule has 2 saturated carbocycles. The SMILES string of the molecule is Cc1ccc(S(=O)(=O)N2[C@@H]3C[C@@H]3C[C@H]2C(=O)N(Cc2ccc3c(c2)OCC3)C2CCC(F)(F)CC2)cc1. The maximum atomic E-state index is 14.2. The third-order valence-corrected chi connectivity index (χ3v) is 10.4. The fraction of sp³-hybridized carbons (Fsp3) is 0.536. The van der Waals surface area contributed by atoms with Crippen LogP contribution >= 0.6 is 0 Å². The van der Waals surface area contributed by atoms with Crippen LogP contribution in [0.25, 0.3) is 0 Å². The second-order valence-electron chi connectivity index (χ2n) is 11.1. The van der Waals surface area contributed by atoms with Crippen molar-refractivity contribution in [1.82, 2.24) is 9.21 Å². The average molecular weight is 531 g/mol. The lowest BCUT2D eigenvalue weighted by Crippen LogP contribution is -2.53. The summed E-state index contributed by atoms with van der Waals surface area (Å²) in [5, 5.41) is 0. The zero-order chi connectivity index (χ0) is 25.9. The quantitative estimate of drug-likeness (QED) is 0.544. The topological polar surface area (TPSA) is 66.9 Å². The number of piperidine rings is 1. The molecule has 3 fully saturated rings. The molecule has 2 aliphatic carbocycles. The van der Waals surface area contributed by atoms with E-state index in [-0.39, 0.29) is 61.0 Å². The highest BCUT2D eigenvalue weighted by Gasteiger charge is 2.59. The van der Waals surface area contributed by atoms with E-state index in [4.69, 9.17) is 4.74 Å². The summed E-state index contributed by atoms with van der Waals surface area (Å²) in [7, 11) is -3.88. The smallest absolute Gasteiger partial charge is 0.248 e. The Labute approximate surface area is 216 Å². The minimum atomic E-state index is -3.88. The summed E-state index contributed by atoms with van der Waals surface area (Å²) in [4.78, 5) is 16.0. The zero-order valence-electron chi connectivity index (χ0n) is 20.9. The van der Waals surface area contributed by atoms with Crippen molar-refractivity contribution in [2.24, 2.45) is 5.92 Å². The molecule has 4 aliphatic rings. The number of rotatable bonds is 6. The first-order valence-corrected chi connectivity index (χ1v) is 14.6. The van der Waals surface area contributed by atoms with Gasteiger partial charge in [0.05, 0.1) is 11.5 Å². The molecule has 0 spiro atoms. The lowest BCUT2D eigenvalue weighted by Gasteiger charge is -2.39. The van der Waals surface area contributed by atoms with Crippen LogP contribution in [0.3, 0.4) is 0 Å². The molecule has 198 valence electrons. The first-order chi connectivity index (χ1) is 17.6. The highest BCUT2D eigenvalue weighted by Crippen LogP contribution is 2.51. The van der Waals surface area contributed by atoms with Crippen LogP contribution in [0.4, 0.5) is 8.78 Å². The Bertz CT molecular complexity index is 1300. The van der Waals surface area contributed by atoms with Crippen LogP contribution in [-0.2, 0) is 27.8 Å². The lowest BCUT2D eigenvalue weighted by molar-refractivity contribution is -0.141. The fourth-order valence-electron chi connectivity index (χ4n) is 6.23. The van der Waals surface area contributed by atoms with E-state index in [1.807, 2.05) is 25.1 Å². The summed E-state index contributed by atoms with van der Waals surface area (Å²) in [5.74, 6) is -2.03. The monoisotopic (exact) mass is 530 g/mol. The number of carbonyl (C=O) groups is 1. The van der Waals surface area contributed by atoms with E-state index >= 15 is 0 Å². The summed E-state index contributed by atoms with van der Waals surface area (Å²) in [6.45, 7) is 2.76. The van der Waals surface area contributed by atoms with Crippen molar-refractivity contribution in [3.05, 3.63) is 59.2 Å². The summed E-state index contributed by atoms with van der Waals surface area (Å²) in [6, 6.07) is 11.2. The van der Waals surface area contributed by atoms with Crippen LogP contribution in [0.2, 0.25) is 0 Å². The van der Waals surface area contributed by atoms with Crippen molar-refractivity contribution in [2.75, 3.05) is 6.61 Å². The van der Waals surface area contributed by atoms with Gasteiger partial charge in [-0.15, -0.1) is 0 Å². The maximum Gasteiger partial charge on any atom is 0.248 e. The van der Waals surface area contributed by atoms with Crippen molar-refractivity contribution in [2.45, 2.75) is 87.4 Å². The first kappa shape index (κ1) is 24.8. The number of nitrogens with zero attached hydrogens (tertiary/aromatic N) is 2. The Kier molecular flexibility index (Phi) is 6.06. The van der Waals surface area contributed by atoms with E-state index in [1.165, 1.54) is 4.31 Å². The number of carbonyl (C=O) groups excluding carboxylic acids is 1. The third kappa shape index (κ3) is 4.65. The molecule has 0 aromatic heterocycles. The molecule has 37 heavy (non-hydrogen) atoms. The molecule has 1 amide bonds. The summed E-state index contributed by atoms with van der Waals surface area (Å²) in [6.07, 6.45) is 1.93. The van der Waals surface area contributed by atoms with E-state index in [1.54, 1.807) is 29.2 Å². The van der Waals surface area contributed by atoms with Gasteiger partial charge < -0.3 is 9.64 Å². The Morgan fingerprint density at radius 2 is 1.84 bits per heavy atom. The minimum absolute atomic E-state index is 0.167. The summed E-state index contributed by atoms with van der Waals surface area (Å²) in [5.41, 5.74) is 2.93. The first-order valence-electron chi connectivity index (χ1n) is 13.2. The minimum Gasteiger partial charge on any atom is -0.493 e. The molecule has 0 bridgehead atoms. The highest BCUT2D eigenvalue weighted by molar-refractivity contribution is 7.89. The van der Waals surface area contributed by atoms with E-state index in [2.05, 4.69) is 0 Å². The molecule has 1 saturated heterocycles. The molecule has 0 radical (unpaired) electrons. The maximum absolute atomic E-state index is 14.2. The van der Waals surface area contributed by atoms with Gasteiger partial charge in [0.25, 0.3) is 0 Å². The third-order valence-electron chi connectivity index (χ3n) is 8.45. The van der Waals surface area contributed by atoms with E-state index in [0.717, 1.165) is 35.3 Å². The second kappa shape index (κ2) is 9.05. The number of sulfonamides is 1. The number of halogens is 2. The zero-order valence-corrected chi connectivity index (χ0v) is 21.7. The van der Waals surface area contributed by atoms with Crippen LogP contribution in [0.5, 0.6) is 5.75 Å². The Balaban J connectivity index is 1.30. The van der Waals surface area contributed by atoms with Crippen LogP contribution < -0.4 is 4.74 Å². The molecule has 2 aromatic carbocycles. The van der Waals surface area contributed by atoms with Gasteiger partial charge >= 0.3 is 0 Å². The number of amides is 1.